The molecule has 0 rings (SSSR count). The number of nitrogens with two attached hydrogens (primary N) is 1. The van der Waals surface area contributed by atoms with E-state index in [9.17, 15) is 19.0 Å². The molecular weight excluding hydrogens is 990 g/mol. The predicted octanol–water partition coefficient (Wildman–Crippen LogP) is 20.3. The van der Waals surface area contributed by atoms with Gasteiger partial charge in [-0.15, -0.1) is 0 Å². The molecule has 0 aromatic heterocycles. The molecule has 0 saturated carbocycles. The van der Waals surface area contributed by atoms with Gasteiger partial charge >= 0.3 is 19.8 Å². The Morgan fingerprint density at radius 2 is 0.705 bits per heavy atom. The summed E-state index contributed by atoms with van der Waals surface area (Å²) in [6, 6.07) is 0. The normalized spacial score (nSPS) is 13.8. The van der Waals surface area contributed by atoms with E-state index in [-0.39, 0.29) is 32.6 Å². The first kappa shape index (κ1) is 74.4. The molecule has 0 spiro atoms. The van der Waals surface area contributed by atoms with Crippen LogP contribution in [-0.4, -0.2) is 49.3 Å². The van der Waals surface area contributed by atoms with Crippen LogP contribution in [0.1, 0.15) is 264 Å². The lowest BCUT2D eigenvalue weighted by Gasteiger charge is -2.19. The maximum absolute atomic E-state index is 12.7. The molecule has 0 aliphatic rings. The van der Waals surface area contributed by atoms with E-state index in [1.165, 1.54) is 116 Å². The van der Waals surface area contributed by atoms with Crippen molar-refractivity contribution in [1.82, 2.24) is 0 Å². The van der Waals surface area contributed by atoms with E-state index in [2.05, 4.69) is 135 Å². The van der Waals surface area contributed by atoms with Crippen LogP contribution in [0.3, 0.4) is 0 Å². The number of carbonyl (C=O) groups excluding carboxylic acids is 2. The van der Waals surface area contributed by atoms with E-state index >= 15 is 0 Å². The Balaban J connectivity index is 3.91. The van der Waals surface area contributed by atoms with Crippen molar-refractivity contribution in [1.29, 1.82) is 0 Å². The number of phosphoric ester groups is 1. The zero-order chi connectivity index (χ0) is 56.6. The van der Waals surface area contributed by atoms with Crippen molar-refractivity contribution >= 4 is 19.8 Å². The number of hydrogen-bond donors (Lipinski definition) is 2. The van der Waals surface area contributed by atoms with E-state index in [0.717, 1.165) is 116 Å². The highest BCUT2D eigenvalue weighted by Gasteiger charge is 2.26. The third-order valence-corrected chi connectivity index (χ3v) is 14.1. The number of ether oxygens (including phenoxy) is 2. The average molecular weight is 1110 g/mol. The van der Waals surface area contributed by atoms with Gasteiger partial charge in [0.05, 0.1) is 13.2 Å². The van der Waals surface area contributed by atoms with Gasteiger partial charge in [0.15, 0.2) is 6.10 Å². The van der Waals surface area contributed by atoms with E-state index in [4.69, 9.17) is 24.3 Å². The molecule has 0 aliphatic heterocycles. The van der Waals surface area contributed by atoms with Gasteiger partial charge in [-0.25, -0.2) is 4.57 Å². The lowest BCUT2D eigenvalue weighted by atomic mass is 10.0. The van der Waals surface area contributed by atoms with Crippen LogP contribution in [0.4, 0.5) is 0 Å². The fourth-order valence-electron chi connectivity index (χ4n) is 8.45. The van der Waals surface area contributed by atoms with Gasteiger partial charge < -0.3 is 20.1 Å². The zero-order valence-electron chi connectivity index (χ0n) is 49.9. The largest absolute Gasteiger partial charge is 0.472 e. The summed E-state index contributed by atoms with van der Waals surface area (Å²) in [5.41, 5.74) is 5.38. The highest BCUT2D eigenvalue weighted by molar-refractivity contribution is 7.47. The maximum Gasteiger partial charge on any atom is 0.472 e. The monoisotopic (exact) mass is 1110 g/mol. The molecule has 9 nitrogen and oxygen atoms in total. The molecule has 10 heteroatoms. The maximum atomic E-state index is 12.7. The summed E-state index contributed by atoms with van der Waals surface area (Å²) in [5.74, 6) is -0.839. The minimum absolute atomic E-state index is 0.0484. The summed E-state index contributed by atoms with van der Waals surface area (Å²) in [6.07, 6.45) is 87.0. The smallest absolute Gasteiger partial charge is 0.462 e. The Morgan fingerprint density at radius 3 is 1.06 bits per heavy atom. The van der Waals surface area contributed by atoms with Gasteiger partial charge in [-0.3, -0.25) is 18.6 Å². The van der Waals surface area contributed by atoms with E-state index in [0.29, 0.717) is 6.42 Å². The number of esters is 2. The Hall–Kier alpha value is -3.59. The van der Waals surface area contributed by atoms with Crippen LogP contribution in [0.2, 0.25) is 0 Å². The Kier molecular flexibility index (Phi) is 59.7. The molecule has 0 bridgehead atoms. The fourth-order valence-corrected chi connectivity index (χ4v) is 9.21. The van der Waals surface area contributed by atoms with Gasteiger partial charge in [0.1, 0.15) is 6.61 Å². The summed E-state index contributed by atoms with van der Waals surface area (Å²) in [5, 5.41) is 0. The minimum atomic E-state index is -4.39. The van der Waals surface area contributed by atoms with Crippen LogP contribution in [0.25, 0.3) is 0 Å². The lowest BCUT2D eigenvalue weighted by Crippen LogP contribution is -2.29. The van der Waals surface area contributed by atoms with Gasteiger partial charge in [0.25, 0.3) is 0 Å². The third kappa shape index (κ3) is 61.6. The second-order valence-electron chi connectivity index (χ2n) is 20.5. The van der Waals surface area contributed by atoms with Crippen LogP contribution in [0, 0.1) is 0 Å². The summed E-state index contributed by atoms with van der Waals surface area (Å²) in [7, 11) is -4.39. The van der Waals surface area contributed by atoms with Crippen molar-refractivity contribution in [3.8, 4) is 0 Å². The van der Waals surface area contributed by atoms with Crippen molar-refractivity contribution in [2.45, 2.75) is 270 Å². The Labute approximate surface area is 479 Å². The number of hydrogen-bond acceptors (Lipinski definition) is 8. The highest BCUT2D eigenvalue weighted by atomic mass is 31.2. The molecule has 3 N–H and O–H groups in total. The van der Waals surface area contributed by atoms with E-state index in [1.807, 2.05) is 0 Å². The number of carbonyl (C=O) groups is 2. The van der Waals surface area contributed by atoms with Crippen molar-refractivity contribution in [3.05, 3.63) is 122 Å². The van der Waals surface area contributed by atoms with Crippen LogP contribution in [-0.2, 0) is 32.7 Å². The van der Waals surface area contributed by atoms with Gasteiger partial charge in [-0.1, -0.05) is 264 Å². The minimum Gasteiger partial charge on any atom is -0.462 e. The molecule has 0 fully saturated rings. The molecular formula is C68H116NO8P. The van der Waals surface area contributed by atoms with Gasteiger partial charge in [0, 0.05) is 19.4 Å². The standard InChI is InChI=1S/C68H116NO8P/c1-3-5-7-9-11-13-15-17-19-21-22-23-24-25-26-27-28-29-30-31-32-33-34-35-36-37-38-39-40-41-42-43-44-45-47-49-51-53-55-57-59-61-68(71)77-66(65-76-78(72,73)75-63-62-69)64-74-67(70)60-58-56-54-52-50-48-46-20-18-16-14-12-10-8-6-4-2/h5,7,11,13,17,19-20,22-23,25-26,28-29,31-32,34-35,37-38,46,66H,3-4,6,8-10,12,14-16,18,21,24,27,30,33,36,39-45,47-65,69H2,1-2H3,(H,72,73)/b7-5-,13-11-,19-17-,23-22-,26-25-,29-28-,32-31-,35-34-,38-37-,46-20-. The number of unbranched alkanes of at least 4 members (excludes halogenated alkanes) is 25. The predicted molar refractivity (Wildman–Crippen MR) is 334 cm³/mol. The molecule has 0 saturated heterocycles. The summed E-state index contributed by atoms with van der Waals surface area (Å²) in [6.45, 7) is 3.62. The van der Waals surface area contributed by atoms with Gasteiger partial charge in [-0.2, -0.15) is 0 Å². The lowest BCUT2D eigenvalue weighted by molar-refractivity contribution is -0.161. The molecule has 446 valence electrons. The first-order valence-corrected chi connectivity index (χ1v) is 33.0. The van der Waals surface area contributed by atoms with Crippen LogP contribution < -0.4 is 5.73 Å². The number of phosphoric acid groups is 1. The topological polar surface area (TPSA) is 134 Å². The van der Waals surface area contributed by atoms with E-state index in [1.54, 1.807) is 0 Å². The molecule has 0 heterocycles. The summed E-state index contributed by atoms with van der Waals surface area (Å²) >= 11 is 0. The molecule has 0 aromatic carbocycles. The molecule has 0 radical (unpaired) electrons. The Bertz CT molecular complexity index is 1690. The quantitative estimate of drug-likeness (QED) is 0.0264. The van der Waals surface area contributed by atoms with Gasteiger partial charge in [0.2, 0.25) is 0 Å². The molecule has 78 heavy (non-hydrogen) atoms. The first-order chi connectivity index (χ1) is 38.3. The average Bonchev–Trinajstić information content (AvgIpc) is 3.43. The molecule has 0 amide bonds. The second-order valence-corrected chi connectivity index (χ2v) is 22.0. The van der Waals surface area contributed by atoms with Gasteiger partial charge in [-0.05, 0) is 109 Å². The molecule has 2 unspecified atom stereocenters. The van der Waals surface area contributed by atoms with Crippen LogP contribution >= 0.6 is 7.82 Å². The summed E-state index contributed by atoms with van der Waals surface area (Å²) < 4.78 is 33.0. The summed E-state index contributed by atoms with van der Waals surface area (Å²) in [4.78, 5) is 35.2. The van der Waals surface area contributed by atoms with Crippen molar-refractivity contribution < 1.29 is 37.6 Å². The zero-order valence-corrected chi connectivity index (χ0v) is 50.8. The van der Waals surface area contributed by atoms with Crippen molar-refractivity contribution in [2.75, 3.05) is 26.4 Å². The fraction of sp³-hybridized carbons (Fsp3) is 0.676. The number of allylic oxidation sites excluding steroid dienone is 20. The second kappa shape index (κ2) is 62.6. The molecule has 0 aromatic rings. The first-order valence-electron chi connectivity index (χ1n) is 31.5. The number of rotatable bonds is 58. The van der Waals surface area contributed by atoms with E-state index < -0.39 is 32.5 Å². The highest BCUT2D eigenvalue weighted by Crippen LogP contribution is 2.43. The molecule has 0 aliphatic carbocycles. The molecule has 2 atom stereocenters. The third-order valence-electron chi connectivity index (χ3n) is 13.1. The van der Waals surface area contributed by atoms with Crippen LogP contribution in [0.5, 0.6) is 0 Å². The van der Waals surface area contributed by atoms with Crippen molar-refractivity contribution in [2.24, 2.45) is 5.73 Å². The van der Waals surface area contributed by atoms with Crippen LogP contribution in [0.15, 0.2) is 122 Å². The van der Waals surface area contributed by atoms with Crippen molar-refractivity contribution in [3.63, 3.8) is 0 Å². The Morgan fingerprint density at radius 1 is 0.397 bits per heavy atom. The SMILES string of the molecule is CC/C=C\C/C=C\C/C=C\C/C=C\C/C=C\C/C=C\C/C=C\C/C=C\C/C=C\CCCCCCCCCCCCCCCC(=O)OC(COC(=O)CCCCCCC/C=C\CCCCCCCCC)COP(=O)(O)OCCN.